The summed E-state index contributed by atoms with van der Waals surface area (Å²) in [5.74, 6) is -1.08. The number of carbonyl (C=O) groups excluding carboxylic acids is 2. The van der Waals surface area contributed by atoms with Gasteiger partial charge in [-0.1, -0.05) is 18.2 Å². The second-order valence-electron chi connectivity index (χ2n) is 5.92. The van der Waals surface area contributed by atoms with Crippen LogP contribution in [-0.2, 0) is 9.59 Å². The van der Waals surface area contributed by atoms with Crippen LogP contribution in [0.5, 0.6) is 5.75 Å². The van der Waals surface area contributed by atoms with E-state index in [9.17, 15) is 14.0 Å². The highest BCUT2D eigenvalue weighted by molar-refractivity contribution is 6.39. The summed E-state index contributed by atoms with van der Waals surface area (Å²) in [6.45, 7) is 2.04. The fourth-order valence-electron chi connectivity index (χ4n) is 2.94. The van der Waals surface area contributed by atoms with E-state index in [2.05, 4.69) is 10.2 Å². The van der Waals surface area contributed by atoms with E-state index in [0.717, 1.165) is 11.4 Å². The number of rotatable bonds is 3. The largest absolute Gasteiger partial charge is 0.495 e. The van der Waals surface area contributed by atoms with Crippen molar-refractivity contribution in [3.05, 3.63) is 54.3 Å². The molecule has 1 saturated heterocycles. The van der Waals surface area contributed by atoms with Gasteiger partial charge in [-0.2, -0.15) is 0 Å². The van der Waals surface area contributed by atoms with E-state index in [4.69, 9.17) is 4.74 Å². The number of nitrogens with zero attached hydrogens (tertiary/aromatic N) is 2. The first-order chi connectivity index (χ1) is 12.6. The molecule has 1 aliphatic rings. The van der Waals surface area contributed by atoms with Crippen LogP contribution in [0.25, 0.3) is 0 Å². The first kappa shape index (κ1) is 17.7. The van der Waals surface area contributed by atoms with Crippen LogP contribution in [0, 0.1) is 5.82 Å². The van der Waals surface area contributed by atoms with Crippen molar-refractivity contribution in [1.29, 1.82) is 0 Å². The zero-order valence-corrected chi connectivity index (χ0v) is 14.4. The molecular formula is C19H20FN3O3. The Bertz CT molecular complexity index is 804. The minimum Gasteiger partial charge on any atom is -0.495 e. The van der Waals surface area contributed by atoms with Gasteiger partial charge in [0.1, 0.15) is 11.6 Å². The number of ether oxygens (including phenoxy) is 1. The molecule has 0 aliphatic carbocycles. The molecular weight excluding hydrogens is 337 g/mol. The number of nitrogens with one attached hydrogen (secondary N) is 1. The van der Waals surface area contributed by atoms with Gasteiger partial charge in [-0.05, 0) is 30.3 Å². The molecule has 0 bridgehead atoms. The van der Waals surface area contributed by atoms with Crippen molar-refractivity contribution < 1.29 is 18.7 Å². The van der Waals surface area contributed by atoms with Gasteiger partial charge in [0.25, 0.3) is 0 Å². The molecule has 2 aromatic carbocycles. The Hall–Kier alpha value is -3.09. The van der Waals surface area contributed by atoms with Gasteiger partial charge in [-0.15, -0.1) is 0 Å². The SMILES string of the molecule is COc1ccccc1N1CCN(C(=O)C(=O)Nc2cccc(F)c2)CC1. The normalized spacial score (nSPS) is 14.1. The molecule has 7 heteroatoms. The highest BCUT2D eigenvalue weighted by atomic mass is 19.1. The Morgan fingerprint density at radius 1 is 1.04 bits per heavy atom. The van der Waals surface area contributed by atoms with Gasteiger partial charge in [-0.25, -0.2) is 4.39 Å². The summed E-state index contributed by atoms with van der Waals surface area (Å²) in [4.78, 5) is 28.1. The van der Waals surface area contributed by atoms with Crippen LogP contribution >= 0.6 is 0 Å². The monoisotopic (exact) mass is 357 g/mol. The molecule has 0 atom stereocenters. The minimum atomic E-state index is -0.763. The average Bonchev–Trinajstić information content (AvgIpc) is 2.67. The van der Waals surface area contributed by atoms with Crippen LogP contribution < -0.4 is 15.0 Å². The third-order valence-corrected chi connectivity index (χ3v) is 4.27. The Labute approximate surface area is 151 Å². The maximum absolute atomic E-state index is 13.2. The quantitative estimate of drug-likeness (QED) is 0.855. The number of anilines is 2. The maximum atomic E-state index is 13.2. The smallest absolute Gasteiger partial charge is 0.313 e. The number of hydrogen-bond donors (Lipinski definition) is 1. The van der Waals surface area contributed by atoms with Crippen LogP contribution in [0.1, 0.15) is 0 Å². The van der Waals surface area contributed by atoms with Crippen LogP contribution in [0.4, 0.5) is 15.8 Å². The van der Waals surface area contributed by atoms with Gasteiger partial charge in [-0.3, -0.25) is 9.59 Å². The molecule has 0 aromatic heterocycles. The van der Waals surface area contributed by atoms with Crippen molar-refractivity contribution in [2.24, 2.45) is 0 Å². The maximum Gasteiger partial charge on any atom is 0.313 e. The van der Waals surface area contributed by atoms with Gasteiger partial charge >= 0.3 is 11.8 Å². The highest BCUT2D eigenvalue weighted by Crippen LogP contribution is 2.28. The molecule has 2 aromatic rings. The van der Waals surface area contributed by atoms with E-state index in [0.29, 0.717) is 26.2 Å². The average molecular weight is 357 g/mol. The number of piperazine rings is 1. The number of halogens is 1. The molecule has 1 aliphatic heterocycles. The number of para-hydroxylation sites is 2. The minimum absolute atomic E-state index is 0.260. The molecule has 3 rings (SSSR count). The molecule has 1 N–H and O–H groups in total. The first-order valence-electron chi connectivity index (χ1n) is 8.32. The van der Waals surface area contributed by atoms with Crippen LogP contribution in [0.3, 0.4) is 0 Å². The highest BCUT2D eigenvalue weighted by Gasteiger charge is 2.27. The molecule has 0 saturated carbocycles. The molecule has 2 amide bonds. The number of methoxy groups -OCH3 is 1. The number of carbonyl (C=O) groups is 2. The lowest BCUT2D eigenvalue weighted by Crippen LogP contribution is -2.51. The first-order valence-corrected chi connectivity index (χ1v) is 8.32. The van der Waals surface area contributed by atoms with E-state index in [1.807, 2.05) is 24.3 Å². The summed E-state index contributed by atoms with van der Waals surface area (Å²) in [5.41, 5.74) is 1.22. The zero-order chi connectivity index (χ0) is 18.5. The standard InChI is InChI=1S/C19H20FN3O3/c1-26-17-8-3-2-7-16(17)22-9-11-23(12-10-22)19(25)18(24)21-15-6-4-5-14(20)13-15/h2-8,13H,9-12H2,1H3,(H,21,24). The van der Waals surface area contributed by atoms with E-state index >= 15 is 0 Å². The fraction of sp³-hybridized carbons (Fsp3) is 0.263. The second kappa shape index (κ2) is 7.86. The summed E-state index contributed by atoms with van der Waals surface area (Å²) in [7, 11) is 1.62. The Morgan fingerprint density at radius 3 is 2.46 bits per heavy atom. The Kier molecular flexibility index (Phi) is 5.36. The summed E-state index contributed by atoms with van der Waals surface area (Å²) in [6, 6.07) is 13.1. The van der Waals surface area contributed by atoms with Crippen LogP contribution in [-0.4, -0.2) is 50.0 Å². The number of amides is 2. The van der Waals surface area contributed by atoms with Crippen molar-refractivity contribution in [1.82, 2.24) is 4.90 Å². The van der Waals surface area contributed by atoms with Crippen molar-refractivity contribution in [2.75, 3.05) is 43.5 Å². The predicted molar refractivity (Wildman–Crippen MR) is 96.8 cm³/mol. The van der Waals surface area contributed by atoms with E-state index in [1.165, 1.54) is 29.2 Å². The van der Waals surface area contributed by atoms with Crippen molar-refractivity contribution in [3.63, 3.8) is 0 Å². The molecule has 0 radical (unpaired) electrons. The van der Waals surface area contributed by atoms with Gasteiger partial charge in [0.2, 0.25) is 0 Å². The molecule has 0 unspecified atom stereocenters. The van der Waals surface area contributed by atoms with Crippen molar-refractivity contribution >= 4 is 23.2 Å². The summed E-state index contributed by atoms with van der Waals surface area (Å²) < 4.78 is 18.5. The molecule has 1 fully saturated rings. The molecule has 6 nitrogen and oxygen atoms in total. The second-order valence-corrected chi connectivity index (χ2v) is 5.92. The van der Waals surface area contributed by atoms with Crippen molar-refractivity contribution in [2.45, 2.75) is 0 Å². The van der Waals surface area contributed by atoms with Crippen molar-refractivity contribution in [3.8, 4) is 5.75 Å². The Morgan fingerprint density at radius 2 is 1.77 bits per heavy atom. The molecule has 136 valence electrons. The summed E-state index contributed by atoms with van der Waals surface area (Å²) in [5, 5.41) is 2.44. The third-order valence-electron chi connectivity index (χ3n) is 4.27. The van der Waals surface area contributed by atoms with Gasteiger partial charge in [0, 0.05) is 31.9 Å². The van der Waals surface area contributed by atoms with Gasteiger partial charge < -0.3 is 19.9 Å². The fourth-order valence-corrected chi connectivity index (χ4v) is 2.94. The topological polar surface area (TPSA) is 61.9 Å². The predicted octanol–water partition coefficient (Wildman–Crippen LogP) is 2.12. The molecule has 26 heavy (non-hydrogen) atoms. The van der Waals surface area contributed by atoms with Gasteiger partial charge in [0.15, 0.2) is 0 Å². The lowest BCUT2D eigenvalue weighted by Gasteiger charge is -2.36. The lowest BCUT2D eigenvalue weighted by atomic mass is 10.2. The number of hydrogen-bond acceptors (Lipinski definition) is 4. The molecule has 0 spiro atoms. The molecule has 1 heterocycles. The summed E-state index contributed by atoms with van der Waals surface area (Å²) >= 11 is 0. The lowest BCUT2D eigenvalue weighted by molar-refractivity contribution is -0.143. The van der Waals surface area contributed by atoms with E-state index < -0.39 is 17.6 Å². The van der Waals surface area contributed by atoms with Crippen LogP contribution in [0.2, 0.25) is 0 Å². The van der Waals surface area contributed by atoms with Crippen LogP contribution in [0.15, 0.2) is 48.5 Å². The van der Waals surface area contributed by atoms with E-state index in [1.54, 1.807) is 7.11 Å². The van der Waals surface area contributed by atoms with E-state index in [-0.39, 0.29) is 5.69 Å². The van der Waals surface area contributed by atoms with Gasteiger partial charge in [0.05, 0.1) is 12.8 Å². The number of benzene rings is 2. The Balaban J connectivity index is 1.59. The summed E-state index contributed by atoms with van der Waals surface area (Å²) in [6.07, 6.45) is 0. The third kappa shape index (κ3) is 3.93. The zero-order valence-electron chi connectivity index (χ0n) is 14.4.